The van der Waals surface area contributed by atoms with Gasteiger partial charge in [0.05, 0.1) is 5.56 Å². The van der Waals surface area contributed by atoms with Gasteiger partial charge in [-0.05, 0) is 30.7 Å². The number of halogens is 4. The van der Waals surface area contributed by atoms with E-state index in [1.165, 1.54) is 31.2 Å². The summed E-state index contributed by atoms with van der Waals surface area (Å²) in [5.74, 6) is -2.12. The summed E-state index contributed by atoms with van der Waals surface area (Å²) in [5, 5.41) is 4.75. The van der Waals surface area contributed by atoms with E-state index in [0.717, 1.165) is 18.2 Å². The van der Waals surface area contributed by atoms with Gasteiger partial charge in [-0.1, -0.05) is 30.3 Å². The molecule has 1 aliphatic heterocycles. The van der Waals surface area contributed by atoms with E-state index in [-0.39, 0.29) is 17.7 Å². The van der Waals surface area contributed by atoms with Gasteiger partial charge in [0.25, 0.3) is 5.91 Å². The molecule has 0 aromatic heterocycles. The number of amides is 4. The molecule has 1 unspecified atom stereocenters. The van der Waals surface area contributed by atoms with Gasteiger partial charge in [0.15, 0.2) is 0 Å². The van der Waals surface area contributed by atoms with Gasteiger partial charge < -0.3 is 10.6 Å². The van der Waals surface area contributed by atoms with E-state index in [0.29, 0.717) is 4.90 Å². The Balaban J connectivity index is 1.73. The van der Waals surface area contributed by atoms with Crippen LogP contribution in [0, 0.1) is 5.82 Å². The van der Waals surface area contributed by atoms with Crippen molar-refractivity contribution in [3.63, 3.8) is 0 Å². The van der Waals surface area contributed by atoms with Gasteiger partial charge in [0, 0.05) is 12.1 Å². The number of rotatable bonds is 5. The number of urea groups is 1. The molecule has 1 fully saturated rings. The zero-order valence-corrected chi connectivity index (χ0v) is 15.7. The molecule has 3 rings (SSSR count). The lowest BCUT2D eigenvalue weighted by Gasteiger charge is -2.23. The molecule has 158 valence electrons. The number of nitrogens with one attached hydrogen (secondary N) is 2. The predicted octanol–water partition coefficient (Wildman–Crippen LogP) is 2.93. The monoisotopic (exact) mass is 423 g/mol. The summed E-state index contributed by atoms with van der Waals surface area (Å²) in [4.78, 5) is 37.8. The lowest BCUT2D eigenvalue weighted by molar-refractivity contribution is -0.138. The summed E-state index contributed by atoms with van der Waals surface area (Å²) in [6.07, 6.45) is -4.62. The normalized spacial score (nSPS) is 19.0. The lowest BCUT2D eigenvalue weighted by Crippen LogP contribution is -2.43. The minimum absolute atomic E-state index is 0.0649. The van der Waals surface area contributed by atoms with Crippen molar-refractivity contribution in [2.75, 3.05) is 6.54 Å². The average molecular weight is 423 g/mol. The summed E-state index contributed by atoms with van der Waals surface area (Å²) < 4.78 is 52.6. The Morgan fingerprint density at radius 3 is 2.50 bits per heavy atom. The predicted molar refractivity (Wildman–Crippen MR) is 97.3 cm³/mol. The third-order valence-electron chi connectivity index (χ3n) is 4.78. The Morgan fingerprint density at radius 1 is 1.13 bits per heavy atom. The standard InChI is InChI=1S/C20H17F4N3O3/c1-19(13-6-4-7-14(9-13)20(22,23)24)17(29)27(18(30)26-19)11-16(28)25-10-12-5-2-3-8-15(12)21/h2-9H,10-11H2,1H3,(H,25,28)(H,26,30). The number of carbonyl (C=O) groups is 3. The molecule has 1 atom stereocenters. The van der Waals surface area contributed by atoms with Crippen LogP contribution < -0.4 is 10.6 Å². The Morgan fingerprint density at radius 2 is 1.83 bits per heavy atom. The molecule has 10 heteroatoms. The van der Waals surface area contributed by atoms with Gasteiger partial charge in [-0.3, -0.25) is 14.5 Å². The second-order valence-corrected chi connectivity index (χ2v) is 6.89. The number of benzene rings is 2. The van der Waals surface area contributed by atoms with Gasteiger partial charge in [-0.25, -0.2) is 9.18 Å². The van der Waals surface area contributed by atoms with Crippen molar-refractivity contribution >= 4 is 17.8 Å². The number of carbonyl (C=O) groups excluding carboxylic acids is 3. The van der Waals surface area contributed by atoms with E-state index in [9.17, 15) is 31.9 Å². The Labute approximate surface area is 168 Å². The van der Waals surface area contributed by atoms with Crippen LogP contribution in [-0.4, -0.2) is 29.3 Å². The third-order valence-corrected chi connectivity index (χ3v) is 4.78. The van der Waals surface area contributed by atoms with Crippen LogP contribution in [0.5, 0.6) is 0 Å². The molecule has 0 aliphatic carbocycles. The second-order valence-electron chi connectivity index (χ2n) is 6.89. The van der Waals surface area contributed by atoms with Crippen LogP contribution in [0.25, 0.3) is 0 Å². The van der Waals surface area contributed by atoms with Crippen molar-refractivity contribution < 1.29 is 31.9 Å². The van der Waals surface area contributed by atoms with Crippen LogP contribution in [0.2, 0.25) is 0 Å². The van der Waals surface area contributed by atoms with Gasteiger partial charge >= 0.3 is 12.2 Å². The van der Waals surface area contributed by atoms with Crippen molar-refractivity contribution in [1.29, 1.82) is 0 Å². The fourth-order valence-electron chi connectivity index (χ4n) is 3.08. The first-order valence-corrected chi connectivity index (χ1v) is 8.84. The molecule has 1 saturated heterocycles. The van der Waals surface area contributed by atoms with E-state index < -0.39 is 47.5 Å². The van der Waals surface area contributed by atoms with Crippen molar-refractivity contribution in [2.24, 2.45) is 0 Å². The van der Waals surface area contributed by atoms with Crippen molar-refractivity contribution in [2.45, 2.75) is 25.2 Å². The SMILES string of the molecule is CC1(c2cccc(C(F)(F)F)c2)NC(=O)N(CC(=O)NCc2ccccc2F)C1=O. The highest BCUT2D eigenvalue weighted by molar-refractivity contribution is 6.09. The molecule has 0 bridgehead atoms. The van der Waals surface area contributed by atoms with Gasteiger partial charge in [0.1, 0.15) is 17.9 Å². The van der Waals surface area contributed by atoms with E-state index in [4.69, 9.17) is 0 Å². The molecular formula is C20H17F4N3O3. The van der Waals surface area contributed by atoms with Crippen LogP contribution in [0.15, 0.2) is 48.5 Å². The minimum atomic E-state index is -4.62. The number of hydrogen-bond acceptors (Lipinski definition) is 3. The second kappa shape index (κ2) is 7.77. The topological polar surface area (TPSA) is 78.5 Å². The van der Waals surface area contributed by atoms with Crippen LogP contribution in [-0.2, 0) is 27.8 Å². The zero-order chi connectivity index (χ0) is 22.1. The fourth-order valence-corrected chi connectivity index (χ4v) is 3.08. The maximum Gasteiger partial charge on any atom is 0.416 e. The average Bonchev–Trinajstić information content (AvgIpc) is 2.91. The van der Waals surface area contributed by atoms with Crippen LogP contribution in [0.4, 0.5) is 22.4 Å². The highest BCUT2D eigenvalue weighted by Crippen LogP contribution is 2.34. The molecule has 2 aromatic rings. The number of hydrogen-bond donors (Lipinski definition) is 2. The molecule has 0 saturated carbocycles. The van der Waals surface area contributed by atoms with Crippen molar-refractivity contribution in [3.8, 4) is 0 Å². The third kappa shape index (κ3) is 4.12. The number of alkyl halides is 3. The lowest BCUT2D eigenvalue weighted by atomic mass is 9.90. The Bertz CT molecular complexity index is 1010. The quantitative estimate of drug-likeness (QED) is 0.574. The van der Waals surface area contributed by atoms with Crippen molar-refractivity contribution in [3.05, 3.63) is 71.0 Å². The first kappa shape index (κ1) is 21.3. The van der Waals surface area contributed by atoms with Gasteiger partial charge in [-0.2, -0.15) is 13.2 Å². The first-order chi connectivity index (χ1) is 14.0. The number of imide groups is 1. The highest BCUT2D eigenvalue weighted by atomic mass is 19.4. The maximum absolute atomic E-state index is 13.6. The van der Waals surface area contributed by atoms with Crippen molar-refractivity contribution in [1.82, 2.24) is 15.5 Å². The molecule has 1 heterocycles. The largest absolute Gasteiger partial charge is 0.416 e. The molecule has 0 spiro atoms. The summed E-state index contributed by atoms with van der Waals surface area (Å²) in [7, 11) is 0. The molecular weight excluding hydrogens is 406 g/mol. The zero-order valence-electron chi connectivity index (χ0n) is 15.7. The first-order valence-electron chi connectivity index (χ1n) is 8.84. The van der Waals surface area contributed by atoms with Crippen LogP contribution in [0.3, 0.4) is 0 Å². The fraction of sp³-hybridized carbons (Fsp3) is 0.250. The highest BCUT2D eigenvalue weighted by Gasteiger charge is 2.50. The molecule has 2 N–H and O–H groups in total. The van der Waals surface area contributed by atoms with E-state index in [1.807, 2.05) is 0 Å². The maximum atomic E-state index is 13.6. The van der Waals surface area contributed by atoms with Crippen LogP contribution >= 0.6 is 0 Å². The molecule has 0 radical (unpaired) electrons. The molecule has 2 aromatic carbocycles. The summed E-state index contributed by atoms with van der Waals surface area (Å²) in [6.45, 7) is 0.452. The van der Waals surface area contributed by atoms with Gasteiger partial charge in [-0.15, -0.1) is 0 Å². The Hall–Kier alpha value is -3.43. The molecule has 6 nitrogen and oxygen atoms in total. The molecule has 4 amide bonds. The van der Waals surface area contributed by atoms with Gasteiger partial charge in [0.2, 0.25) is 5.91 Å². The van der Waals surface area contributed by atoms with Crippen LogP contribution in [0.1, 0.15) is 23.6 Å². The summed E-state index contributed by atoms with van der Waals surface area (Å²) in [6, 6.07) is 8.89. The van der Waals surface area contributed by atoms with E-state index in [2.05, 4.69) is 10.6 Å². The smallest absolute Gasteiger partial charge is 0.350 e. The number of nitrogens with zero attached hydrogens (tertiary/aromatic N) is 1. The molecule has 30 heavy (non-hydrogen) atoms. The van der Waals surface area contributed by atoms with E-state index >= 15 is 0 Å². The minimum Gasteiger partial charge on any atom is -0.350 e. The summed E-state index contributed by atoms with van der Waals surface area (Å²) in [5.41, 5.74) is -2.57. The Kier molecular flexibility index (Phi) is 5.51. The summed E-state index contributed by atoms with van der Waals surface area (Å²) >= 11 is 0. The van der Waals surface area contributed by atoms with E-state index in [1.54, 1.807) is 6.07 Å². The molecule has 1 aliphatic rings.